The molecule has 0 N–H and O–H groups in total. The van der Waals surface area contributed by atoms with E-state index in [4.69, 9.17) is 33.2 Å². The molecule has 1 aliphatic rings. The summed E-state index contributed by atoms with van der Waals surface area (Å²) in [5.74, 6) is 1.76. The molecule has 0 aromatic heterocycles. The van der Waals surface area contributed by atoms with Gasteiger partial charge >= 0.3 is 11.9 Å². The first-order valence-electron chi connectivity index (χ1n) is 21.9. The van der Waals surface area contributed by atoms with Crippen molar-refractivity contribution >= 4 is 11.9 Å². The average Bonchev–Trinajstić information content (AvgIpc) is 3.23. The van der Waals surface area contributed by atoms with Crippen LogP contribution in [0.15, 0.2) is 60.7 Å². The summed E-state index contributed by atoms with van der Waals surface area (Å²) in [4.78, 5) is 25.3. The van der Waals surface area contributed by atoms with Crippen molar-refractivity contribution in [3.8, 4) is 45.3 Å². The second kappa shape index (κ2) is 28.5. The predicted octanol–water partition coefficient (Wildman–Crippen LogP) is 11.7. The Hall–Kier alpha value is -3.92. The number of carbonyl (C=O) groups excluding carboxylic acids is 2. The van der Waals surface area contributed by atoms with Gasteiger partial charge in [0.1, 0.15) is 24.7 Å². The zero-order chi connectivity index (χ0) is 40.2. The number of hydrogen-bond acceptors (Lipinski definition) is 9. The maximum atomic E-state index is 12.7. The molecule has 3 aromatic carbocycles. The lowest BCUT2D eigenvalue weighted by Gasteiger charge is -2.19. The van der Waals surface area contributed by atoms with E-state index in [1.807, 2.05) is 60.7 Å². The van der Waals surface area contributed by atoms with Gasteiger partial charge in [-0.1, -0.05) is 128 Å². The van der Waals surface area contributed by atoms with Crippen LogP contribution in [0.25, 0.3) is 22.3 Å². The van der Waals surface area contributed by atoms with Crippen molar-refractivity contribution in [2.75, 3.05) is 52.9 Å². The molecule has 1 aliphatic heterocycles. The van der Waals surface area contributed by atoms with Crippen molar-refractivity contribution in [3.63, 3.8) is 0 Å². The van der Waals surface area contributed by atoms with Crippen LogP contribution >= 0.6 is 0 Å². The Balaban J connectivity index is 1.46. The monoisotopic (exact) mass is 788 g/mol. The summed E-state index contributed by atoms with van der Waals surface area (Å²) in [5.41, 5.74) is 3.62. The molecule has 0 saturated carbocycles. The van der Waals surface area contributed by atoms with Crippen LogP contribution < -0.4 is 18.9 Å². The zero-order valence-electron chi connectivity index (χ0n) is 34.8. The van der Waals surface area contributed by atoms with Gasteiger partial charge in [-0.3, -0.25) is 9.59 Å². The third kappa shape index (κ3) is 18.5. The third-order valence-electron chi connectivity index (χ3n) is 10.1. The Kier molecular flexibility index (Phi) is 22.9. The topological polar surface area (TPSA) is 98.8 Å². The first-order valence-corrected chi connectivity index (χ1v) is 21.9. The number of hydrogen-bond donors (Lipinski definition) is 0. The Morgan fingerprint density at radius 3 is 1.11 bits per heavy atom. The van der Waals surface area contributed by atoms with Gasteiger partial charge in [0.25, 0.3) is 0 Å². The van der Waals surface area contributed by atoms with E-state index in [1.54, 1.807) is 0 Å². The van der Waals surface area contributed by atoms with Crippen molar-refractivity contribution in [1.29, 1.82) is 0 Å². The quantitative estimate of drug-likeness (QED) is 0.0560. The molecule has 0 spiro atoms. The number of benzene rings is 3. The fourth-order valence-electron chi connectivity index (χ4n) is 6.80. The lowest BCUT2D eigenvalue weighted by atomic mass is 9.93. The molecule has 0 fully saturated rings. The Bertz CT molecular complexity index is 1420. The molecule has 0 bridgehead atoms. The fourth-order valence-corrected chi connectivity index (χ4v) is 6.80. The molecule has 0 atom stereocenters. The molecule has 0 aliphatic carbocycles. The van der Waals surface area contributed by atoms with E-state index in [2.05, 4.69) is 13.8 Å². The smallest absolute Gasteiger partial charge is 0.311 e. The van der Waals surface area contributed by atoms with Gasteiger partial charge < -0.3 is 33.2 Å². The summed E-state index contributed by atoms with van der Waals surface area (Å²) in [6.45, 7) is 7.84. The van der Waals surface area contributed by atoms with Crippen LogP contribution in [0.1, 0.15) is 129 Å². The van der Waals surface area contributed by atoms with Crippen LogP contribution in [-0.2, 0) is 23.8 Å². The normalized spacial score (nSPS) is 14.0. The number of rotatable bonds is 22. The number of fused-ring (bicyclic) bond motifs is 1. The second-order valence-corrected chi connectivity index (χ2v) is 14.8. The van der Waals surface area contributed by atoms with Crippen molar-refractivity contribution in [2.24, 2.45) is 0 Å². The lowest BCUT2D eigenvalue weighted by molar-refractivity contribution is -0.135. The summed E-state index contributed by atoms with van der Waals surface area (Å²) < 4.78 is 40.9. The van der Waals surface area contributed by atoms with Gasteiger partial charge in [0.15, 0.2) is 11.5 Å². The Morgan fingerprint density at radius 2 is 0.754 bits per heavy atom. The van der Waals surface area contributed by atoms with Crippen LogP contribution in [0.4, 0.5) is 0 Å². The van der Waals surface area contributed by atoms with E-state index < -0.39 is 0 Å². The van der Waals surface area contributed by atoms with Gasteiger partial charge in [-0.05, 0) is 71.5 Å². The van der Waals surface area contributed by atoms with Crippen LogP contribution in [0.3, 0.4) is 0 Å². The van der Waals surface area contributed by atoms with E-state index >= 15 is 0 Å². The van der Waals surface area contributed by atoms with E-state index in [0.717, 1.165) is 60.8 Å². The lowest BCUT2D eigenvalue weighted by Crippen LogP contribution is -2.13. The minimum absolute atomic E-state index is 0.210. The van der Waals surface area contributed by atoms with Crippen molar-refractivity contribution < 1.29 is 42.7 Å². The Labute approximate surface area is 342 Å². The first-order chi connectivity index (χ1) is 28.1. The molecule has 4 rings (SSSR count). The standard InChI is InChI=1S/C48H68O9/c1-3-5-7-9-11-13-15-17-19-47(49)56-41-25-21-39(22-26-41)43-37-45-46(55-36-34-53-32-30-51-29-31-52-33-35-54-45)38-44(43)40-23-27-42(28-24-40)57-48(50)20-18-16-14-12-10-8-6-4-2/h21-28,37-38H,3-20,29-36H2,1-2H3. The Morgan fingerprint density at radius 1 is 0.439 bits per heavy atom. The van der Waals surface area contributed by atoms with Crippen LogP contribution in [0.5, 0.6) is 23.0 Å². The van der Waals surface area contributed by atoms with E-state index in [9.17, 15) is 9.59 Å². The first kappa shape index (κ1) is 45.8. The predicted molar refractivity (Wildman–Crippen MR) is 226 cm³/mol. The molecule has 0 unspecified atom stereocenters. The summed E-state index contributed by atoms with van der Waals surface area (Å²) in [6.07, 6.45) is 19.6. The summed E-state index contributed by atoms with van der Waals surface area (Å²) in [7, 11) is 0. The van der Waals surface area contributed by atoms with Crippen LogP contribution in [0, 0.1) is 0 Å². The fraction of sp³-hybridized carbons (Fsp3) is 0.583. The average molecular weight is 789 g/mol. The van der Waals surface area contributed by atoms with E-state index in [0.29, 0.717) is 88.7 Å². The molecule has 9 heteroatoms. The number of unbranched alkanes of at least 4 members (excludes halogenated alkanes) is 14. The number of esters is 2. The summed E-state index contributed by atoms with van der Waals surface area (Å²) in [6, 6.07) is 19.1. The van der Waals surface area contributed by atoms with Crippen molar-refractivity contribution in [2.45, 2.75) is 129 Å². The molecule has 9 nitrogen and oxygen atoms in total. The molecule has 57 heavy (non-hydrogen) atoms. The highest BCUT2D eigenvalue weighted by Crippen LogP contribution is 2.42. The highest BCUT2D eigenvalue weighted by Gasteiger charge is 2.17. The maximum absolute atomic E-state index is 12.7. The molecular weight excluding hydrogens is 721 g/mol. The minimum Gasteiger partial charge on any atom is -0.487 e. The van der Waals surface area contributed by atoms with Crippen LogP contribution in [0.2, 0.25) is 0 Å². The molecule has 314 valence electrons. The minimum atomic E-state index is -0.210. The highest BCUT2D eigenvalue weighted by molar-refractivity contribution is 5.86. The largest absolute Gasteiger partial charge is 0.487 e. The van der Waals surface area contributed by atoms with E-state index in [-0.39, 0.29) is 11.9 Å². The van der Waals surface area contributed by atoms with Crippen molar-refractivity contribution in [1.82, 2.24) is 0 Å². The van der Waals surface area contributed by atoms with Crippen molar-refractivity contribution in [3.05, 3.63) is 60.7 Å². The molecule has 1 heterocycles. The van der Waals surface area contributed by atoms with E-state index in [1.165, 1.54) is 64.2 Å². The van der Waals surface area contributed by atoms with Gasteiger partial charge in [-0.15, -0.1) is 0 Å². The molecule has 0 amide bonds. The SMILES string of the molecule is CCCCCCCCCCC(=O)Oc1ccc(-c2cc3c(cc2-c2ccc(OC(=O)CCCCCCCCCC)cc2)OCCOCCOCCOCCO3)cc1. The van der Waals surface area contributed by atoms with Gasteiger partial charge in [-0.25, -0.2) is 0 Å². The molecule has 0 radical (unpaired) electrons. The molecular formula is C48H68O9. The maximum Gasteiger partial charge on any atom is 0.311 e. The summed E-state index contributed by atoms with van der Waals surface area (Å²) >= 11 is 0. The highest BCUT2D eigenvalue weighted by atomic mass is 16.6. The third-order valence-corrected chi connectivity index (χ3v) is 10.1. The number of ether oxygens (including phenoxy) is 7. The second-order valence-electron chi connectivity index (χ2n) is 14.8. The van der Waals surface area contributed by atoms with Gasteiger partial charge in [0.05, 0.1) is 39.6 Å². The van der Waals surface area contributed by atoms with Gasteiger partial charge in [0.2, 0.25) is 0 Å². The van der Waals surface area contributed by atoms with Crippen LogP contribution in [-0.4, -0.2) is 64.8 Å². The number of carbonyl (C=O) groups is 2. The van der Waals surface area contributed by atoms with Gasteiger partial charge in [-0.2, -0.15) is 0 Å². The zero-order valence-corrected chi connectivity index (χ0v) is 34.8. The molecule has 0 saturated heterocycles. The van der Waals surface area contributed by atoms with Gasteiger partial charge in [0, 0.05) is 12.8 Å². The summed E-state index contributed by atoms with van der Waals surface area (Å²) in [5, 5.41) is 0. The molecule has 3 aromatic rings.